The van der Waals surface area contributed by atoms with Gasteiger partial charge in [0.25, 0.3) is 0 Å². The van der Waals surface area contributed by atoms with Gasteiger partial charge in [-0.2, -0.15) is 0 Å². The second-order valence-electron chi connectivity index (χ2n) is 10.9. The molecule has 5 rings (SSSR count). The Labute approximate surface area is 252 Å². The summed E-state index contributed by atoms with van der Waals surface area (Å²) in [5.41, 5.74) is 11.3. The highest BCUT2D eigenvalue weighted by Crippen LogP contribution is 2.26. The van der Waals surface area contributed by atoms with Crippen LogP contribution in [0.4, 0.5) is 11.4 Å². The van der Waals surface area contributed by atoms with Gasteiger partial charge in [-0.15, -0.1) is 0 Å². The van der Waals surface area contributed by atoms with Crippen molar-refractivity contribution < 1.29 is 0 Å². The summed E-state index contributed by atoms with van der Waals surface area (Å²) in [6.45, 7) is 12.6. The summed E-state index contributed by atoms with van der Waals surface area (Å²) in [6.07, 6.45) is 2.06. The Morgan fingerprint density at radius 2 is 0.810 bits per heavy atom. The van der Waals surface area contributed by atoms with Crippen molar-refractivity contribution in [2.75, 3.05) is 22.9 Å². The van der Waals surface area contributed by atoms with Crippen molar-refractivity contribution in [2.45, 2.75) is 39.8 Å². The van der Waals surface area contributed by atoms with Gasteiger partial charge < -0.3 is 9.80 Å². The summed E-state index contributed by atoms with van der Waals surface area (Å²) in [7, 11) is 0. The highest BCUT2D eigenvalue weighted by atomic mass is 15.1. The van der Waals surface area contributed by atoms with Gasteiger partial charge in [-0.3, -0.25) is 0 Å². The molecule has 0 radical (unpaired) electrons. The smallest absolute Gasteiger partial charge is 0.0429 e. The van der Waals surface area contributed by atoms with Crippen LogP contribution in [0.1, 0.15) is 47.2 Å². The van der Waals surface area contributed by atoms with Crippen LogP contribution in [0.15, 0.2) is 140 Å². The monoisotopic (exact) mass is 550 g/mol. The molecule has 0 fully saturated rings. The van der Waals surface area contributed by atoms with Crippen LogP contribution < -0.4 is 9.80 Å². The van der Waals surface area contributed by atoms with E-state index in [0.29, 0.717) is 0 Å². The minimum atomic E-state index is 0.911. The fraction of sp³-hybridized carbons (Fsp3) is 0.200. The van der Waals surface area contributed by atoms with Gasteiger partial charge in [-0.1, -0.05) is 116 Å². The van der Waals surface area contributed by atoms with Gasteiger partial charge in [0.05, 0.1) is 0 Å². The topological polar surface area (TPSA) is 6.48 Å². The zero-order valence-corrected chi connectivity index (χ0v) is 25.0. The normalized spacial score (nSPS) is 10.8. The largest absolute Gasteiger partial charge is 0.367 e. The van der Waals surface area contributed by atoms with Crippen molar-refractivity contribution in [3.05, 3.63) is 173 Å². The fourth-order valence-electron chi connectivity index (χ4n) is 5.45. The first-order valence-corrected chi connectivity index (χ1v) is 15.2. The van der Waals surface area contributed by atoms with E-state index in [-0.39, 0.29) is 0 Å². The molecule has 2 heteroatoms. The lowest BCUT2D eigenvalue weighted by molar-refractivity contribution is 0.831. The van der Waals surface area contributed by atoms with E-state index in [0.717, 1.165) is 50.2 Å². The van der Waals surface area contributed by atoms with Crippen molar-refractivity contribution in [1.29, 1.82) is 0 Å². The molecule has 0 aliphatic carbocycles. The minimum Gasteiger partial charge on any atom is -0.367 e. The van der Waals surface area contributed by atoms with Crippen molar-refractivity contribution in [1.82, 2.24) is 0 Å². The van der Waals surface area contributed by atoms with Gasteiger partial charge in [0.1, 0.15) is 0 Å². The quantitative estimate of drug-likeness (QED) is 0.144. The second kappa shape index (κ2) is 14.4. The molecule has 5 aromatic rings. The third-order valence-corrected chi connectivity index (χ3v) is 8.08. The van der Waals surface area contributed by atoms with Crippen LogP contribution in [0, 0.1) is 0 Å². The zero-order valence-electron chi connectivity index (χ0n) is 25.0. The van der Waals surface area contributed by atoms with Crippen molar-refractivity contribution in [3.8, 4) is 0 Å². The van der Waals surface area contributed by atoms with Crippen molar-refractivity contribution >= 4 is 16.9 Å². The molecular formula is C40H42N2. The maximum Gasteiger partial charge on any atom is 0.0429 e. The molecule has 0 N–H and O–H groups in total. The Hall–Kier alpha value is -4.56. The number of hydrogen-bond donors (Lipinski definition) is 0. The highest BCUT2D eigenvalue weighted by molar-refractivity contribution is 5.78. The molecule has 0 heterocycles. The van der Waals surface area contributed by atoms with Crippen LogP contribution in [0.2, 0.25) is 0 Å². The predicted octanol–water partition coefficient (Wildman–Crippen LogP) is 9.59. The zero-order chi connectivity index (χ0) is 29.1. The molecule has 2 nitrogen and oxygen atoms in total. The molecular weight excluding hydrogens is 508 g/mol. The van der Waals surface area contributed by atoms with Crippen LogP contribution >= 0.6 is 0 Å². The molecule has 212 valence electrons. The summed E-state index contributed by atoms with van der Waals surface area (Å²) in [5.74, 6) is 0. The predicted molar refractivity (Wildman–Crippen MR) is 181 cm³/mol. The minimum absolute atomic E-state index is 0.911. The van der Waals surface area contributed by atoms with E-state index in [4.69, 9.17) is 0 Å². The first-order valence-electron chi connectivity index (χ1n) is 15.2. The molecule has 42 heavy (non-hydrogen) atoms. The van der Waals surface area contributed by atoms with E-state index in [9.17, 15) is 0 Å². The fourth-order valence-corrected chi connectivity index (χ4v) is 5.45. The average Bonchev–Trinajstić information content (AvgIpc) is 3.06. The van der Waals surface area contributed by atoms with E-state index in [1.807, 2.05) is 0 Å². The van der Waals surface area contributed by atoms with Gasteiger partial charge in [-0.25, -0.2) is 0 Å². The summed E-state index contributed by atoms with van der Waals surface area (Å²) in [5, 5.41) is 0. The van der Waals surface area contributed by atoms with E-state index in [1.165, 1.54) is 39.2 Å². The Kier molecular flexibility index (Phi) is 9.90. The Morgan fingerprint density at radius 1 is 0.452 bits per heavy atom. The van der Waals surface area contributed by atoms with Gasteiger partial charge in [0.2, 0.25) is 0 Å². The van der Waals surface area contributed by atoms with E-state index >= 15 is 0 Å². The van der Waals surface area contributed by atoms with E-state index in [2.05, 4.69) is 164 Å². The van der Waals surface area contributed by atoms with Crippen LogP contribution in [0.3, 0.4) is 0 Å². The SMILES string of the molecule is C=C(c1ccc(CCc2ccc(N(CC)Cc3ccccc3)cc2)cc1)c1ccc(N(CC)Cc2ccccc2)cc1. The Balaban J connectivity index is 1.15. The van der Waals surface area contributed by atoms with Gasteiger partial charge in [0, 0.05) is 37.6 Å². The number of aryl methyl sites for hydroxylation is 2. The lowest BCUT2D eigenvalue weighted by Crippen LogP contribution is -2.21. The average molecular weight is 551 g/mol. The van der Waals surface area contributed by atoms with E-state index in [1.54, 1.807) is 0 Å². The third kappa shape index (κ3) is 7.59. The summed E-state index contributed by atoms with van der Waals surface area (Å²) >= 11 is 0. The molecule has 0 saturated heterocycles. The third-order valence-electron chi connectivity index (χ3n) is 8.08. The van der Waals surface area contributed by atoms with Crippen molar-refractivity contribution in [2.24, 2.45) is 0 Å². The number of anilines is 2. The molecule has 0 amide bonds. The first-order chi connectivity index (χ1) is 20.6. The molecule has 5 aromatic carbocycles. The maximum atomic E-state index is 4.42. The molecule has 0 bridgehead atoms. The lowest BCUT2D eigenvalue weighted by atomic mass is 9.96. The number of nitrogens with zero attached hydrogens (tertiary/aromatic N) is 2. The number of benzene rings is 5. The summed E-state index contributed by atoms with van der Waals surface area (Å²) in [6, 6.07) is 48.2. The first kappa shape index (κ1) is 29.0. The molecule has 0 aliphatic rings. The highest BCUT2D eigenvalue weighted by Gasteiger charge is 2.09. The Morgan fingerprint density at radius 3 is 1.21 bits per heavy atom. The standard InChI is InChI=1S/C40H42N2/c1-4-41(30-35-12-8-6-9-13-35)39-26-20-34(21-27-39)17-16-33-18-22-37(23-19-33)32(3)38-24-28-40(29-25-38)42(5-2)31-36-14-10-7-11-15-36/h6-15,18-29H,3-5,16-17,30-31H2,1-2H3. The lowest BCUT2D eigenvalue weighted by Gasteiger charge is -2.23. The van der Waals surface area contributed by atoms with Crippen molar-refractivity contribution in [3.63, 3.8) is 0 Å². The second-order valence-corrected chi connectivity index (χ2v) is 10.9. The molecule has 0 spiro atoms. The number of hydrogen-bond acceptors (Lipinski definition) is 2. The number of rotatable bonds is 13. The summed E-state index contributed by atoms with van der Waals surface area (Å²) in [4.78, 5) is 4.82. The Bertz CT molecular complexity index is 1520. The maximum absolute atomic E-state index is 4.42. The van der Waals surface area contributed by atoms with Crippen LogP contribution in [0.25, 0.3) is 5.57 Å². The van der Waals surface area contributed by atoms with Gasteiger partial charge in [0.15, 0.2) is 0 Å². The van der Waals surface area contributed by atoms with Crippen LogP contribution in [-0.2, 0) is 25.9 Å². The van der Waals surface area contributed by atoms with Gasteiger partial charge in [-0.05, 0) is 89.9 Å². The molecule has 0 atom stereocenters. The van der Waals surface area contributed by atoms with Gasteiger partial charge >= 0.3 is 0 Å². The van der Waals surface area contributed by atoms with Crippen LogP contribution in [-0.4, -0.2) is 13.1 Å². The molecule has 0 saturated carbocycles. The van der Waals surface area contributed by atoms with Crippen LogP contribution in [0.5, 0.6) is 0 Å². The molecule has 0 aliphatic heterocycles. The summed E-state index contributed by atoms with van der Waals surface area (Å²) < 4.78 is 0. The molecule has 0 unspecified atom stereocenters. The van der Waals surface area contributed by atoms with E-state index < -0.39 is 0 Å². The molecule has 0 aromatic heterocycles.